The second-order valence-electron chi connectivity index (χ2n) is 8.03. The molecule has 3 aromatic rings. The number of para-hydroxylation sites is 2. The number of likely N-dealkylation sites (tertiary alicyclic amines) is 1. The molecule has 2 aromatic carbocycles. The van der Waals surface area contributed by atoms with Crippen LogP contribution in [0.5, 0.6) is 11.6 Å². The lowest BCUT2D eigenvalue weighted by atomic mass is 9.86. The summed E-state index contributed by atoms with van der Waals surface area (Å²) in [5.41, 5.74) is 1.60. The molecule has 164 valence electrons. The smallest absolute Gasteiger partial charge is 0.322 e. The van der Waals surface area contributed by atoms with Gasteiger partial charge in [0.1, 0.15) is 11.6 Å². The van der Waals surface area contributed by atoms with Crippen LogP contribution in [0.15, 0.2) is 60.8 Å². The Balaban J connectivity index is 1.40. The lowest BCUT2D eigenvalue weighted by Gasteiger charge is -2.34. The molecule has 1 fully saturated rings. The van der Waals surface area contributed by atoms with Gasteiger partial charge in [0, 0.05) is 36.2 Å². The first kappa shape index (κ1) is 20.6. The van der Waals surface area contributed by atoms with Crippen molar-refractivity contribution in [3.05, 3.63) is 77.2 Å². The molecular weight excluding hydrogens is 428 g/mol. The third-order valence-electron chi connectivity index (χ3n) is 6.02. The largest absolute Gasteiger partial charge is 0.493 e. The molecule has 8 heteroatoms. The maximum absolute atomic E-state index is 13.4. The zero-order valence-electron chi connectivity index (χ0n) is 17.6. The van der Waals surface area contributed by atoms with Gasteiger partial charge in [0.2, 0.25) is 5.88 Å². The molecule has 5 rings (SSSR count). The summed E-state index contributed by atoms with van der Waals surface area (Å²) < 4.78 is 12.0. The second-order valence-corrected chi connectivity index (χ2v) is 8.44. The minimum absolute atomic E-state index is 0.0839. The van der Waals surface area contributed by atoms with Gasteiger partial charge in [0.15, 0.2) is 0 Å². The number of aromatic nitrogens is 2. The van der Waals surface area contributed by atoms with E-state index in [0.29, 0.717) is 42.2 Å². The average Bonchev–Trinajstić information content (AvgIpc) is 3.19. The summed E-state index contributed by atoms with van der Waals surface area (Å²) in [4.78, 5) is 23.7. The molecule has 2 aliphatic heterocycles. The summed E-state index contributed by atoms with van der Waals surface area (Å²) in [5, 5.41) is 3.47. The molecule has 7 nitrogen and oxygen atoms in total. The van der Waals surface area contributed by atoms with E-state index in [1.807, 2.05) is 48.2 Å². The van der Waals surface area contributed by atoms with Gasteiger partial charge in [-0.3, -0.25) is 0 Å². The summed E-state index contributed by atoms with van der Waals surface area (Å²) in [6.07, 6.45) is 1.68. The van der Waals surface area contributed by atoms with Crippen molar-refractivity contribution in [1.82, 2.24) is 14.9 Å². The number of amides is 2. The highest BCUT2D eigenvalue weighted by atomic mass is 35.5. The number of carbonyl (C=O) groups excluding carboxylic acids is 1. The van der Waals surface area contributed by atoms with Crippen molar-refractivity contribution < 1.29 is 14.3 Å². The fourth-order valence-corrected chi connectivity index (χ4v) is 4.68. The zero-order chi connectivity index (χ0) is 22.1. The van der Waals surface area contributed by atoms with Crippen LogP contribution >= 0.6 is 11.6 Å². The fraction of sp³-hybridized carbons (Fsp3) is 0.292. The number of nitrogens with zero attached hydrogens (tertiary/aromatic N) is 3. The quantitative estimate of drug-likeness (QED) is 0.621. The molecule has 3 heterocycles. The molecule has 1 N–H and O–H groups in total. The summed E-state index contributed by atoms with van der Waals surface area (Å²) >= 11 is 6.27. The summed E-state index contributed by atoms with van der Waals surface area (Å²) in [7, 11) is 0. The van der Waals surface area contributed by atoms with E-state index in [-0.39, 0.29) is 23.9 Å². The van der Waals surface area contributed by atoms with Crippen LogP contribution in [0, 0.1) is 18.8 Å². The number of rotatable bonds is 4. The molecule has 32 heavy (non-hydrogen) atoms. The van der Waals surface area contributed by atoms with Gasteiger partial charge in [0.05, 0.1) is 30.0 Å². The normalized spacial score (nSPS) is 21.3. The predicted molar refractivity (Wildman–Crippen MR) is 121 cm³/mol. The Morgan fingerprint density at radius 3 is 2.88 bits per heavy atom. The van der Waals surface area contributed by atoms with Gasteiger partial charge < -0.3 is 19.7 Å². The van der Waals surface area contributed by atoms with Crippen molar-refractivity contribution in [2.45, 2.75) is 13.0 Å². The molecule has 3 atom stereocenters. The van der Waals surface area contributed by atoms with Crippen molar-refractivity contribution in [3.8, 4) is 11.6 Å². The van der Waals surface area contributed by atoms with E-state index < -0.39 is 0 Å². The monoisotopic (exact) mass is 450 g/mol. The molecule has 0 aliphatic carbocycles. The lowest BCUT2D eigenvalue weighted by Crippen LogP contribution is -2.38. The van der Waals surface area contributed by atoms with Gasteiger partial charge in [0.25, 0.3) is 0 Å². The Bertz CT molecular complexity index is 1140. The van der Waals surface area contributed by atoms with Crippen LogP contribution in [0.3, 0.4) is 0 Å². The van der Waals surface area contributed by atoms with Crippen LogP contribution in [0.1, 0.15) is 17.4 Å². The SMILES string of the molecule is Cc1nccc(OC[C@@H]2CN(C(=O)Nc3ccccc3Cl)[C@H]3c4ccccc4OC[C@@H]23)n1. The number of ether oxygens (including phenoxy) is 2. The zero-order valence-corrected chi connectivity index (χ0v) is 18.3. The fourth-order valence-electron chi connectivity index (χ4n) is 4.50. The highest BCUT2D eigenvalue weighted by Crippen LogP contribution is 2.47. The van der Waals surface area contributed by atoms with E-state index in [1.165, 1.54) is 0 Å². The van der Waals surface area contributed by atoms with Crippen molar-refractivity contribution in [2.24, 2.45) is 11.8 Å². The first-order chi connectivity index (χ1) is 15.6. The molecule has 0 bridgehead atoms. The number of halogens is 1. The summed E-state index contributed by atoms with van der Waals surface area (Å²) in [6.45, 7) is 3.31. The van der Waals surface area contributed by atoms with Crippen LogP contribution in [0.4, 0.5) is 10.5 Å². The van der Waals surface area contributed by atoms with Crippen molar-refractivity contribution in [1.29, 1.82) is 0 Å². The van der Waals surface area contributed by atoms with Gasteiger partial charge >= 0.3 is 6.03 Å². The van der Waals surface area contributed by atoms with Crippen LogP contribution < -0.4 is 14.8 Å². The third-order valence-corrected chi connectivity index (χ3v) is 6.35. The van der Waals surface area contributed by atoms with Crippen molar-refractivity contribution in [3.63, 3.8) is 0 Å². The second kappa shape index (κ2) is 8.67. The van der Waals surface area contributed by atoms with Gasteiger partial charge in [-0.2, -0.15) is 4.98 Å². The Morgan fingerprint density at radius 2 is 2.03 bits per heavy atom. The molecule has 2 amide bonds. The van der Waals surface area contributed by atoms with Crippen LogP contribution in [0.25, 0.3) is 0 Å². The number of hydrogen-bond acceptors (Lipinski definition) is 5. The number of urea groups is 1. The molecule has 1 saturated heterocycles. The van der Waals surface area contributed by atoms with Gasteiger partial charge in [-0.05, 0) is 25.1 Å². The van der Waals surface area contributed by atoms with Gasteiger partial charge in [-0.1, -0.05) is 41.9 Å². The van der Waals surface area contributed by atoms with Crippen molar-refractivity contribution >= 4 is 23.3 Å². The number of benzene rings is 2. The number of nitrogens with one attached hydrogen (secondary N) is 1. The van der Waals surface area contributed by atoms with Gasteiger partial charge in [-0.25, -0.2) is 9.78 Å². The van der Waals surface area contributed by atoms with E-state index in [0.717, 1.165) is 11.3 Å². The van der Waals surface area contributed by atoms with E-state index in [1.54, 1.807) is 24.4 Å². The minimum atomic E-state index is -0.190. The minimum Gasteiger partial charge on any atom is -0.493 e. The Labute approximate surface area is 191 Å². The first-order valence-electron chi connectivity index (χ1n) is 10.6. The van der Waals surface area contributed by atoms with E-state index in [9.17, 15) is 4.79 Å². The third kappa shape index (κ3) is 3.96. The highest BCUT2D eigenvalue weighted by Gasteiger charge is 2.48. The topological polar surface area (TPSA) is 76.6 Å². The van der Waals surface area contributed by atoms with Crippen LogP contribution in [-0.4, -0.2) is 40.7 Å². The van der Waals surface area contributed by atoms with E-state index in [4.69, 9.17) is 21.1 Å². The molecule has 0 unspecified atom stereocenters. The molecular formula is C24H23ClN4O3. The highest BCUT2D eigenvalue weighted by molar-refractivity contribution is 6.33. The molecule has 0 radical (unpaired) electrons. The van der Waals surface area contributed by atoms with E-state index >= 15 is 0 Å². The molecule has 1 aromatic heterocycles. The van der Waals surface area contributed by atoms with Crippen LogP contribution in [-0.2, 0) is 0 Å². The number of anilines is 1. The number of fused-ring (bicyclic) bond motifs is 3. The number of hydrogen-bond donors (Lipinski definition) is 1. The Morgan fingerprint density at radius 1 is 1.22 bits per heavy atom. The van der Waals surface area contributed by atoms with Crippen LogP contribution in [0.2, 0.25) is 5.02 Å². The Hall–Kier alpha value is -3.32. The summed E-state index contributed by atoms with van der Waals surface area (Å²) in [5.74, 6) is 2.19. The van der Waals surface area contributed by atoms with E-state index in [2.05, 4.69) is 15.3 Å². The average molecular weight is 451 g/mol. The lowest BCUT2D eigenvalue weighted by molar-refractivity contribution is 0.128. The first-order valence-corrected chi connectivity index (χ1v) is 10.9. The standard InChI is InChI=1S/C24H23ClN4O3/c1-15-26-11-10-22(27-15)32-13-16-12-29(24(30)28-20-8-4-3-7-19(20)25)23-17-6-2-5-9-21(17)31-14-18(16)23/h2-11,16,18,23H,12-14H2,1H3,(H,28,30)/t16-,18-,23-/m0/s1. The molecule has 2 aliphatic rings. The molecule has 0 saturated carbocycles. The predicted octanol–water partition coefficient (Wildman–Crippen LogP) is 4.73. The molecule has 0 spiro atoms. The summed E-state index contributed by atoms with van der Waals surface area (Å²) in [6, 6.07) is 16.6. The Kier molecular flexibility index (Phi) is 5.57. The maximum Gasteiger partial charge on any atom is 0.322 e. The number of aryl methyl sites for hydroxylation is 1. The van der Waals surface area contributed by atoms with Crippen molar-refractivity contribution in [2.75, 3.05) is 25.1 Å². The maximum atomic E-state index is 13.4. The number of carbonyl (C=O) groups is 1. The van der Waals surface area contributed by atoms with Gasteiger partial charge in [-0.15, -0.1) is 0 Å².